The summed E-state index contributed by atoms with van der Waals surface area (Å²) in [6.45, 7) is 5.10. The van der Waals surface area contributed by atoms with Crippen LogP contribution in [-0.2, 0) is 9.53 Å². The molecule has 1 aromatic rings. The molecule has 3 rings (SSSR count). The van der Waals surface area contributed by atoms with Gasteiger partial charge in [-0.1, -0.05) is 23.8 Å². The van der Waals surface area contributed by atoms with Gasteiger partial charge in [-0.15, -0.1) is 0 Å². The first-order chi connectivity index (χ1) is 11.1. The van der Waals surface area contributed by atoms with Gasteiger partial charge in [0.15, 0.2) is 0 Å². The zero-order valence-electron chi connectivity index (χ0n) is 14.3. The Morgan fingerprint density at radius 3 is 2.65 bits per heavy atom. The second kappa shape index (κ2) is 6.58. The van der Waals surface area contributed by atoms with Crippen molar-refractivity contribution in [2.75, 3.05) is 13.7 Å². The van der Waals surface area contributed by atoms with Crippen molar-refractivity contribution in [3.8, 4) is 0 Å². The molecule has 0 atom stereocenters. The smallest absolute Gasteiger partial charge is 0.128 e. The van der Waals surface area contributed by atoms with Crippen LogP contribution >= 0.6 is 0 Å². The Labute approximate surface area is 139 Å². The molecule has 23 heavy (non-hydrogen) atoms. The number of methoxy groups -OCH3 is 1. The van der Waals surface area contributed by atoms with Crippen molar-refractivity contribution in [2.45, 2.75) is 51.2 Å². The van der Waals surface area contributed by atoms with Crippen molar-refractivity contribution >= 4 is 11.9 Å². The lowest BCUT2D eigenvalue weighted by molar-refractivity contribution is -0.105. The van der Waals surface area contributed by atoms with E-state index in [1.165, 1.54) is 27.8 Å². The minimum Gasteiger partial charge on any atom is -0.381 e. The second-order valence-corrected chi connectivity index (χ2v) is 6.88. The third kappa shape index (κ3) is 3.00. The number of benzene rings is 1. The summed E-state index contributed by atoms with van der Waals surface area (Å²) >= 11 is 0. The largest absolute Gasteiger partial charge is 0.381 e. The third-order valence-corrected chi connectivity index (χ3v) is 5.52. The average Bonchev–Trinajstić information content (AvgIpc) is 2.89. The lowest BCUT2D eigenvalue weighted by Gasteiger charge is -2.39. The Hall–Kier alpha value is -1.45. The lowest BCUT2D eigenvalue weighted by Crippen LogP contribution is -2.47. The summed E-state index contributed by atoms with van der Waals surface area (Å²) in [5, 5.41) is 3.73. The fraction of sp³-hybridized carbons (Fsp3) is 0.500. The Morgan fingerprint density at radius 2 is 2.00 bits per heavy atom. The number of rotatable bonds is 4. The molecule has 2 aliphatic rings. The van der Waals surface area contributed by atoms with Gasteiger partial charge in [0, 0.05) is 19.2 Å². The van der Waals surface area contributed by atoms with Crippen LogP contribution in [0.2, 0.25) is 0 Å². The van der Waals surface area contributed by atoms with Crippen LogP contribution in [0.25, 0.3) is 5.57 Å². The zero-order chi connectivity index (χ0) is 16.4. The molecule has 0 bridgehead atoms. The number of ether oxygens (including phenoxy) is 1. The molecule has 3 nitrogen and oxygen atoms in total. The number of aryl methyl sites for hydroxylation is 2. The Morgan fingerprint density at radius 1 is 1.26 bits per heavy atom. The van der Waals surface area contributed by atoms with Crippen LogP contribution in [0.4, 0.5) is 0 Å². The van der Waals surface area contributed by atoms with E-state index in [2.05, 4.69) is 37.4 Å². The van der Waals surface area contributed by atoms with E-state index in [0.717, 1.165) is 38.5 Å². The average molecular weight is 312 g/mol. The van der Waals surface area contributed by atoms with Gasteiger partial charge in [-0.3, -0.25) is 0 Å². The monoisotopic (exact) mass is 312 g/mol. The van der Waals surface area contributed by atoms with Crippen LogP contribution < -0.4 is 5.32 Å². The highest BCUT2D eigenvalue weighted by Crippen LogP contribution is 2.43. The van der Waals surface area contributed by atoms with Gasteiger partial charge in [-0.25, -0.2) is 0 Å². The van der Waals surface area contributed by atoms with Crippen LogP contribution in [0.5, 0.6) is 0 Å². The highest BCUT2D eigenvalue weighted by Gasteiger charge is 2.43. The molecule has 1 aliphatic heterocycles. The molecule has 1 saturated carbocycles. The number of nitrogens with one attached hydrogen (secondary N) is 1. The number of hydrogen-bond acceptors (Lipinski definition) is 3. The number of hydrogen-bond donors (Lipinski definition) is 1. The Bertz CT molecular complexity index is 625. The molecule has 0 saturated heterocycles. The van der Waals surface area contributed by atoms with Crippen molar-refractivity contribution < 1.29 is 9.53 Å². The van der Waals surface area contributed by atoms with Gasteiger partial charge in [0.25, 0.3) is 0 Å². The zero-order valence-corrected chi connectivity index (χ0v) is 14.3. The number of carbonyl (C=O) groups is 1. The van der Waals surface area contributed by atoms with E-state index >= 15 is 0 Å². The lowest BCUT2D eigenvalue weighted by atomic mass is 9.74. The van der Waals surface area contributed by atoms with Gasteiger partial charge in [0.05, 0.1) is 12.5 Å². The minimum absolute atomic E-state index is 0.0541. The van der Waals surface area contributed by atoms with Crippen molar-refractivity contribution in [1.82, 2.24) is 5.32 Å². The molecule has 1 heterocycles. The van der Waals surface area contributed by atoms with E-state index in [1.807, 2.05) is 0 Å². The first-order valence-electron chi connectivity index (χ1n) is 8.47. The van der Waals surface area contributed by atoms with Gasteiger partial charge in [0.1, 0.15) is 6.29 Å². The van der Waals surface area contributed by atoms with Crippen molar-refractivity contribution in [1.29, 1.82) is 0 Å². The standard InChI is InChI=1S/C20H26NO2/c1-14-4-5-15(2)17(12-14)18-13-21-20(19(18)8-11-22)9-6-16(23-3)7-10-20/h4-5,8,11-12,16,21H,6-7,9-10,13H2,1-3H3. The topological polar surface area (TPSA) is 38.3 Å². The molecular formula is C20H26NO2. The highest BCUT2D eigenvalue weighted by molar-refractivity contribution is 5.84. The molecule has 1 fully saturated rings. The number of carbonyl (C=O) groups excluding carboxylic acids is 1. The summed E-state index contributed by atoms with van der Waals surface area (Å²) in [5.41, 5.74) is 6.22. The summed E-state index contributed by atoms with van der Waals surface area (Å²) < 4.78 is 5.51. The van der Waals surface area contributed by atoms with E-state index in [4.69, 9.17) is 4.74 Å². The molecule has 1 aromatic carbocycles. The summed E-state index contributed by atoms with van der Waals surface area (Å²) in [5.74, 6) is 0. The van der Waals surface area contributed by atoms with Crippen LogP contribution in [0.1, 0.15) is 42.4 Å². The van der Waals surface area contributed by atoms with Gasteiger partial charge in [0.2, 0.25) is 0 Å². The second-order valence-electron chi connectivity index (χ2n) is 6.88. The van der Waals surface area contributed by atoms with Crippen molar-refractivity contribution in [3.05, 3.63) is 46.9 Å². The Balaban J connectivity index is 2.00. The summed E-state index contributed by atoms with van der Waals surface area (Å²) in [4.78, 5) is 11.3. The van der Waals surface area contributed by atoms with E-state index in [-0.39, 0.29) is 5.54 Å². The predicted octanol–water partition coefficient (Wildman–Crippen LogP) is 3.39. The quantitative estimate of drug-likeness (QED) is 0.866. The SMILES string of the molecule is COC1CCC2(CC1)NCC(c1cc(C)ccc1C)=C2[CH]C=O. The van der Waals surface area contributed by atoms with Crippen LogP contribution in [0.3, 0.4) is 0 Å². The first-order valence-corrected chi connectivity index (χ1v) is 8.47. The maximum absolute atomic E-state index is 11.3. The molecule has 1 spiro atoms. The highest BCUT2D eigenvalue weighted by atomic mass is 16.5. The fourth-order valence-corrected chi connectivity index (χ4v) is 4.13. The molecule has 0 unspecified atom stereocenters. The van der Waals surface area contributed by atoms with Crippen molar-refractivity contribution in [3.63, 3.8) is 0 Å². The molecule has 0 amide bonds. The van der Waals surface area contributed by atoms with Gasteiger partial charge in [-0.2, -0.15) is 0 Å². The summed E-state index contributed by atoms with van der Waals surface area (Å²) in [7, 11) is 1.79. The van der Waals surface area contributed by atoms with Gasteiger partial charge in [-0.05, 0) is 61.8 Å². The molecule has 1 radical (unpaired) electrons. The van der Waals surface area contributed by atoms with Crippen LogP contribution in [0, 0.1) is 20.3 Å². The predicted molar refractivity (Wildman–Crippen MR) is 93.2 cm³/mol. The molecule has 3 heteroatoms. The summed E-state index contributed by atoms with van der Waals surface area (Å²) in [6, 6.07) is 6.55. The number of aldehydes is 1. The molecule has 1 aliphatic carbocycles. The van der Waals surface area contributed by atoms with Crippen LogP contribution in [0.15, 0.2) is 23.8 Å². The normalized spacial score (nSPS) is 27.7. The Kier molecular flexibility index (Phi) is 4.69. The fourth-order valence-electron chi connectivity index (χ4n) is 4.13. The van der Waals surface area contributed by atoms with Crippen molar-refractivity contribution in [2.24, 2.45) is 0 Å². The molecule has 123 valence electrons. The van der Waals surface area contributed by atoms with E-state index in [1.54, 1.807) is 13.5 Å². The van der Waals surface area contributed by atoms with Gasteiger partial charge >= 0.3 is 0 Å². The summed E-state index contributed by atoms with van der Waals surface area (Å²) in [6.07, 6.45) is 7.21. The molecule has 0 aromatic heterocycles. The molecular weight excluding hydrogens is 286 g/mol. The molecule has 1 N–H and O–H groups in total. The maximum atomic E-state index is 11.3. The van der Waals surface area contributed by atoms with E-state index < -0.39 is 0 Å². The minimum atomic E-state index is -0.0541. The van der Waals surface area contributed by atoms with E-state index in [0.29, 0.717) is 6.10 Å². The van der Waals surface area contributed by atoms with E-state index in [9.17, 15) is 4.79 Å². The third-order valence-electron chi connectivity index (χ3n) is 5.52. The van der Waals surface area contributed by atoms with Crippen LogP contribution in [-0.4, -0.2) is 31.6 Å². The van der Waals surface area contributed by atoms with Gasteiger partial charge < -0.3 is 14.8 Å². The first kappa shape index (κ1) is 16.4. The maximum Gasteiger partial charge on any atom is 0.128 e.